The topological polar surface area (TPSA) is 86.2 Å². The van der Waals surface area contributed by atoms with E-state index in [9.17, 15) is 14.0 Å². The minimum atomic E-state index is -2.67. The van der Waals surface area contributed by atoms with Gasteiger partial charge < -0.3 is 11.5 Å². The highest BCUT2D eigenvalue weighted by Crippen LogP contribution is 2.16. The Morgan fingerprint density at radius 2 is 1.73 bits per heavy atom. The molecular formula is C6H11FN2O2. The molecule has 0 fully saturated rings. The molecule has 0 aromatic carbocycles. The van der Waals surface area contributed by atoms with Crippen molar-refractivity contribution < 1.29 is 14.0 Å². The van der Waals surface area contributed by atoms with Gasteiger partial charge >= 0.3 is 0 Å². The number of nitrogens with two attached hydrogens (primary N) is 2. The molecule has 0 aromatic rings. The summed E-state index contributed by atoms with van der Waals surface area (Å²) < 4.78 is 13.1. The van der Waals surface area contributed by atoms with Crippen LogP contribution >= 0.6 is 0 Å². The van der Waals surface area contributed by atoms with Crippen LogP contribution in [0.3, 0.4) is 0 Å². The number of alkyl halides is 1. The molecule has 0 radical (unpaired) electrons. The van der Waals surface area contributed by atoms with E-state index in [0.29, 0.717) is 6.42 Å². The predicted octanol–water partition coefficient (Wildman–Crippen LogP) is -0.535. The molecule has 4 N–H and O–H groups in total. The number of primary amides is 2. The Morgan fingerprint density at radius 3 is 1.82 bits per heavy atom. The Labute approximate surface area is 63.7 Å². The van der Waals surface area contributed by atoms with Gasteiger partial charge in [0.2, 0.25) is 0 Å². The minimum absolute atomic E-state index is 0.252. The molecule has 11 heavy (non-hydrogen) atoms. The predicted molar refractivity (Wildman–Crippen MR) is 37.1 cm³/mol. The van der Waals surface area contributed by atoms with Crippen molar-refractivity contribution in [3.8, 4) is 0 Å². The molecular weight excluding hydrogens is 151 g/mol. The maximum atomic E-state index is 13.1. The molecule has 0 aliphatic rings. The Hall–Kier alpha value is -1.13. The molecule has 0 saturated heterocycles. The third kappa shape index (κ3) is 1.89. The molecule has 0 atom stereocenters. The van der Waals surface area contributed by atoms with Crippen molar-refractivity contribution >= 4 is 11.8 Å². The maximum absolute atomic E-state index is 13.1. The summed E-state index contributed by atoms with van der Waals surface area (Å²) in [6, 6.07) is 0. The summed E-state index contributed by atoms with van der Waals surface area (Å²) in [6.07, 6.45) is 0.0834. The van der Waals surface area contributed by atoms with Crippen LogP contribution < -0.4 is 11.5 Å². The number of halogens is 1. The van der Waals surface area contributed by atoms with E-state index in [1.54, 1.807) is 6.92 Å². The highest BCUT2D eigenvalue weighted by Gasteiger charge is 2.42. The molecule has 2 amide bonds. The van der Waals surface area contributed by atoms with Gasteiger partial charge in [-0.15, -0.1) is 0 Å². The van der Waals surface area contributed by atoms with Crippen molar-refractivity contribution in [1.82, 2.24) is 0 Å². The average molecular weight is 162 g/mol. The van der Waals surface area contributed by atoms with E-state index in [-0.39, 0.29) is 6.42 Å². The highest BCUT2D eigenvalue weighted by molar-refractivity contribution is 6.06. The van der Waals surface area contributed by atoms with Crippen LogP contribution in [0.2, 0.25) is 0 Å². The molecule has 5 heteroatoms. The first-order valence-electron chi connectivity index (χ1n) is 3.24. The van der Waals surface area contributed by atoms with Gasteiger partial charge in [-0.25, -0.2) is 4.39 Å². The number of hydrogen-bond donors (Lipinski definition) is 2. The zero-order chi connectivity index (χ0) is 9.07. The summed E-state index contributed by atoms with van der Waals surface area (Å²) in [5, 5.41) is 0. The first-order valence-corrected chi connectivity index (χ1v) is 3.24. The SMILES string of the molecule is CCCC(F)(C(N)=O)C(N)=O. The molecule has 0 saturated carbocycles. The summed E-state index contributed by atoms with van der Waals surface area (Å²) in [7, 11) is 0. The molecule has 0 rings (SSSR count). The lowest BCUT2D eigenvalue weighted by Gasteiger charge is -2.15. The van der Waals surface area contributed by atoms with E-state index in [0.717, 1.165) is 0 Å². The lowest BCUT2D eigenvalue weighted by Crippen LogP contribution is -2.50. The van der Waals surface area contributed by atoms with Crippen LogP contribution in [0.15, 0.2) is 0 Å². The molecule has 0 heterocycles. The van der Waals surface area contributed by atoms with E-state index in [1.165, 1.54) is 0 Å². The summed E-state index contributed by atoms with van der Waals surface area (Å²) in [5.74, 6) is -2.63. The monoisotopic (exact) mass is 162 g/mol. The largest absolute Gasteiger partial charge is 0.366 e. The number of carbonyl (C=O) groups is 2. The molecule has 0 unspecified atom stereocenters. The van der Waals surface area contributed by atoms with Crippen LogP contribution in [0, 0.1) is 0 Å². The van der Waals surface area contributed by atoms with Crippen molar-refractivity contribution in [2.24, 2.45) is 11.5 Å². The fourth-order valence-electron chi connectivity index (χ4n) is 0.712. The maximum Gasteiger partial charge on any atom is 0.265 e. The molecule has 4 nitrogen and oxygen atoms in total. The molecule has 64 valence electrons. The van der Waals surface area contributed by atoms with Crippen LogP contribution in [-0.4, -0.2) is 17.5 Å². The van der Waals surface area contributed by atoms with Crippen molar-refractivity contribution in [2.75, 3.05) is 0 Å². The van der Waals surface area contributed by atoms with E-state index >= 15 is 0 Å². The molecule has 0 aliphatic carbocycles. The van der Waals surface area contributed by atoms with Crippen molar-refractivity contribution in [1.29, 1.82) is 0 Å². The third-order valence-corrected chi connectivity index (χ3v) is 1.38. The first kappa shape index (κ1) is 9.87. The van der Waals surface area contributed by atoms with Gasteiger partial charge in [0, 0.05) is 0 Å². The van der Waals surface area contributed by atoms with Crippen LogP contribution in [0.5, 0.6) is 0 Å². The lowest BCUT2D eigenvalue weighted by atomic mass is 9.99. The molecule has 0 bridgehead atoms. The van der Waals surface area contributed by atoms with Gasteiger partial charge in [-0.2, -0.15) is 0 Å². The molecule has 0 aromatic heterocycles. The minimum Gasteiger partial charge on any atom is -0.366 e. The van der Waals surface area contributed by atoms with Crippen LogP contribution in [0.25, 0.3) is 0 Å². The zero-order valence-corrected chi connectivity index (χ0v) is 6.26. The summed E-state index contributed by atoms with van der Waals surface area (Å²) in [5.41, 5.74) is 6.61. The van der Waals surface area contributed by atoms with Gasteiger partial charge in [-0.3, -0.25) is 9.59 Å². The molecule has 0 aliphatic heterocycles. The molecule has 0 spiro atoms. The number of hydrogen-bond acceptors (Lipinski definition) is 2. The summed E-state index contributed by atoms with van der Waals surface area (Å²) in [4.78, 5) is 20.8. The van der Waals surface area contributed by atoms with Crippen molar-refractivity contribution in [2.45, 2.75) is 25.4 Å². The van der Waals surface area contributed by atoms with Crippen LogP contribution in [0.1, 0.15) is 19.8 Å². The van der Waals surface area contributed by atoms with Gasteiger partial charge in [0.1, 0.15) is 0 Å². The number of rotatable bonds is 4. The quantitative estimate of drug-likeness (QED) is 0.544. The van der Waals surface area contributed by atoms with Crippen molar-refractivity contribution in [3.05, 3.63) is 0 Å². The van der Waals surface area contributed by atoms with Gasteiger partial charge in [-0.05, 0) is 6.42 Å². The van der Waals surface area contributed by atoms with Gasteiger partial charge in [0.15, 0.2) is 0 Å². The smallest absolute Gasteiger partial charge is 0.265 e. The van der Waals surface area contributed by atoms with Gasteiger partial charge in [0.05, 0.1) is 0 Å². The number of carbonyl (C=O) groups excluding carboxylic acids is 2. The Balaban J connectivity index is 4.52. The second kappa shape index (κ2) is 3.32. The van der Waals surface area contributed by atoms with Gasteiger partial charge in [0.25, 0.3) is 17.5 Å². The Bertz CT molecular complexity index is 167. The second-order valence-corrected chi connectivity index (χ2v) is 2.28. The highest BCUT2D eigenvalue weighted by atomic mass is 19.1. The number of amides is 2. The van der Waals surface area contributed by atoms with E-state index < -0.39 is 17.5 Å². The second-order valence-electron chi connectivity index (χ2n) is 2.28. The Morgan fingerprint density at radius 1 is 1.36 bits per heavy atom. The first-order chi connectivity index (χ1) is 4.95. The lowest BCUT2D eigenvalue weighted by molar-refractivity contribution is -0.142. The summed E-state index contributed by atoms with van der Waals surface area (Å²) >= 11 is 0. The van der Waals surface area contributed by atoms with Crippen LogP contribution in [-0.2, 0) is 9.59 Å². The van der Waals surface area contributed by atoms with E-state index in [2.05, 4.69) is 11.5 Å². The van der Waals surface area contributed by atoms with Crippen LogP contribution in [0.4, 0.5) is 4.39 Å². The fourth-order valence-corrected chi connectivity index (χ4v) is 0.712. The van der Waals surface area contributed by atoms with Crippen molar-refractivity contribution in [3.63, 3.8) is 0 Å². The standard InChI is InChI=1S/C6H11FN2O2/c1-2-3-6(7,4(8)10)5(9)11/h2-3H2,1H3,(H2,8,10)(H2,9,11). The fraction of sp³-hybridized carbons (Fsp3) is 0.667. The Kier molecular flexibility index (Phi) is 2.98. The summed E-state index contributed by atoms with van der Waals surface area (Å²) in [6.45, 7) is 1.63. The normalized spacial score (nSPS) is 11.1. The van der Waals surface area contributed by atoms with Gasteiger partial charge in [-0.1, -0.05) is 13.3 Å². The average Bonchev–Trinajstić information content (AvgIpc) is 1.87. The van der Waals surface area contributed by atoms with E-state index in [1.807, 2.05) is 0 Å². The third-order valence-electron chi connectivity index (χ3n) is 1.38. The van der Waals surface area contributed by atoms with E-state index in [4.69, 9.17) is 0 Å². The zero-order valence-electron chi connectivity index (χ0n) is 6.26.